The van der Waals surface area contributed by atoms with Gasteiger partial charge in [-0.1, -0.05) is 6.92 Å². The lowest BCUT2D eigenvalue weighted by atomic mass is 10.2. The molecule has 0 saturated carbocycles. The fourth-order valence-corrected chi connectivity index (χ4v) is 1.76. The lowest BCUT2D eigenvalue weighted by Gasteiger charge is -2.26. The van der Waals surface area contributed by atoms with Crippen LogP contribution in [0.2, 0.25) is 0 Å². The highest BCUT2D eigenvalue weighted by molar-refractivity contribution is 4.96. The van der Waals surface area contributed by atoms with Crippen molar-refractivity contribution in [2.24, 2.45) is 0 Å². The van der Waals surface area contributed by atoms with Crippen molar-refractivity contribution in [3.05, 3.63) is 18.2 Å². The SMILES string of the molecule is CCC(NC(C)C(OC)OC)c1ncc[nH]1. The number of ether oxygens (including phenoxy) is 2. The Morgan fingerprint density at radius 1 is 1.44 bits per heavy atom. The quantitative estimate of drug-likeness (QED) is 0.692. The van der Waals surface area contributed by atoms with Gasteiger partial charge < -0.3 is 19.8 Å². The van der Waals surface area contributed by atoms with Gasteiger partial charge >= 0.3 is 0 Å². The molecular weight excluding hydrogens is 206 g/mol. The van der Waals surface area contributed by atoms with Crippen LogP contribution in [-0.2, 0) is 9.47 Å². The number of rotatable bonds is 7. The molecule has 0 radical (unpaired) electrons. The molecular formula is C11H21N3O2. The van der Waals surface area contributed by atoms with Gasteiger partial charge in [-0.3, -0.25) is 0 Å². The van der Waals surface area contributed by atoms with E-state index in [0.717, 1.165) is 12.2 Å². The molecule has 5 heteroatoms. The molecule has 1 aromatic rings. The molecule has 2 N–H and O–H groups in total. The highest BCUT2D eigenvalue weighted by Gasteiger charge is 2.20. The Balaban J connectivity index is 2.56. The van der Waals surface area contributed by atoms with Gasteiger partial charge in [-0.05, 0) is 13.3 Å². The third-order valence-corrected chi connectivity index (χ3v) is 2.59. The molecule has 5 nitrogen and oxygen atoms in total. The number of aromatic nitrogens is 2. The summed E-state index contributed by atoms with van der Waals surface area (Å²) in [4.78, 5) is 7.37. The van der Waals surface area contributed by atoms with Crippen LogP contribution in [0.15, 0.2) is 12.4 Å². The van der Waals surface area contributed by atoms with E-state index in [-0.39, 0.29) is 18.4 Å². The number of nitrogens with zero attached hydrogens (tertiary/aromatic N) is 1. The number of nitrogens with one attached hydrogen (secondary N) is 2. The second kappa shape index (κ2) is 6.62. The maximum absolute atomic E-state index is 5.21. The van der Waals surface area contributed by atoms with Crippen molar-refractivity contribution in [2.75, 3.05) is 14.2 Å². The second-order valence-electron chi connectivity index (χ2n) is 3.73. The first-order valence-electron chi connectivity index (χ1n) is 5.53. The topological polar surface area (TPSA) is 59.2 Å². The van der Waals surface area contributed by atoms with Crippen molar-refractivity contribution in [3.63, 3.8) is 0 Å². The molecule has 1 heterocycles. The molecule has 2 atom stereocenters. The van der Waals surface area contributed by atoms with E-state index in [1.54, 1.807) is 20.4 Å². The molecule has 0 aliphatic rings. The lowest BCUT2D eigenvalue weighted by molar-refractivity contribution is -0.121. The minimum atomic E-state index is -0.246. The van der Waals surface area contributed by atoms with Crippen molar-refractivity contribution < 1.29 is 9.47 Å². The molecule has 1 aromatic heterocycles. The smallest absolute Gasteiger partial charge is 0.171 e. The van der Waals surface area contributed by atoms with E-state index >= 15 is 0 Å². The maximum atomic E-state index is 5.21. The number of H-pyrrole nitrogens is 1. The molecule has 0 aliphatic carbocycles. The summed E-state index contributed by atoms with van der Waals surface area (Å²) in [6, 6.07) is 0.294. The largest absolute Gasteiger partial charge is 0.354 e. The van der Waals surface area contributed by atoms with Crippen molar-refractivity contribution in [2.45, 2.75) is 38.6 Å². The highest BCUT2D eigenvalue weighted by atomic mass is 16.7. The second-order valence-corrected chi connectivity index (χ2v) is 3.73. The summed E-state index contributed by atoms with van der Waals surface area (Å²) in [6.45, 7) is 4.14. The van der Waals surface area contributed by atoms with Gasteiger partial charge in [0.05, 0.1) is 12.1 Å². The minimum absolute atomic E-state index is 0.102. The van der Waals surface area contributed by atoms with Crippen LogP contribution in [0.5, 0.6) is 0 Å². The predicted molar refractivity (Wildman–Crippen MR) is 62.0 cm³/mol. The molecule has 0 aliphatic heterocycles. The van der Waals surface area contributed by atoms with Crippen molar-refractivity contribution in [1.82, 2.24) is 15.3 Å². The molecule has 2 unspecified atom stereocenters. The zero-order valence-corrected chi connectivity index (χ0v) is 10.4. The molecule has 0 saturated heterocycles. The fourth-order valence-electron chi connectivity index (χ4n) is 1.76. The Labute approximate surface area is 96.6 Å². The molecule has 0 spiro atoms. The Bertz CT molecular complexity index is 273. The van der Waals surface area contributed by atoms with Gasteiger partial charge in [0.2, 0.25) is 0 Å². The van der Waals surface area contributed by atoms with Crippen molar-refractivity contribution in [3.8, 4) is 0 Å². The molecule has 0 aromatic carbocycles. The standard InChI is InChI=1S/C11H21N3O2/c1-5-9(10-12-6-7-13-10)14-8(2)11(15-3)16-4/h6-9,11,14H,5H2,1-4H3,(H,12,13). The van der Waals surface area contributed by atoms with Crippen LogP contribution in [-0.4, -0.2) is 36.5 Å². The number of aromatic amines is 1. The van der Waals surface area contributed by atoms with Crippen LogP contribution < -0.4 is 5.32 Å². The van der Waals surface area contributed by atoms with Crippen LogP contribution in [0.1, 0.15) is 32.1 Å². The molecule has 0 amide bonds. The summed E-state index contributed by atoms with van der Waals surface area (Å²) in [5, 5.41) is 3.43. The summed E-state index contributed by atoms with van der Waals surface area (Å²) in [7, 11) is 3.28. The molecule has 0 bridgehead atoms. The molecule has 92 valence electrons. The van der Waals surface area contributed by atoms with Crippen LogP contribution >= 0.6 is 0 Å². The predicted octanol–water partition coefficient (Wildman–Crippen LogP) is 1.46. The number of methoxy groups -OCH3 is 2. The average Bonchev–Trinajstić information content (AvgIpc) is 2.81. The number of imidazole rings is 1. The molecule has 16 heavy (non-hydrogen) atoms. The van der Waals surface area contributed by atoms with Crippen LogP contribution in [0.3, 0.4) is 0 Å². The van der Waals surface area contributed by atoms with E-state index in [1.165, 1.54) is 0 Å². The summed E-state index contributed by atoms with van der Waals surface area (Å²) in [5.74, 6) is 0.945. The first kappa shape index (κ1) is 13.2. The van der Waals surface area contributed by atoms with E-state index in [9.17, 15) is 0 Å². The number of hydrogen-bond acceptors (Lipinski definition) is 4. The summed E-state index contributed by atoms with van der Waals surface area (Å²) >= 11 is 0. The lowest BCUT2D eigenvalue weighted by Crippen LogP contribution is -2.41. The minimum Gasteiger partial charge on any atom is -0.354 e. The Hall–Kier alpha value is -0.910. The monoisotopic (exact) mass is 227 g/mol. The molecule has 0 fully saturated rings. The van der Waals surface area contributed by atoms with Gasteiger partial charge in [-0.25, -0.2) is 4.98 Å². The van der Waals surface area contributed by atoms with E-state index in [2.05, 4.69) is 22.2 Å². The van der Waals surface area contributed by atoms with Gasteiger partial charge in [0.25, 0.3) is 0 Å². The Kier molecular flexibility index (Phi) is 5.45. The van der Waals surface area contributed by atoms with E-state index < -0.39 is 0 Å². The van der Waals surface area contributed by atoms with Gasteiger partial charge in [-0.15, -0.1) is 0 Å². The van der Waals surface area contributed by atoms with Gasteiger partial charge in [0.1, 0.15) is 5.82 Å². The van der Waals surface area contributed by atoms with Crippen LogP contribution in [0.25, 0.3) is 0 Å². The van der Waals surface area contributed by atoms with Gasteiger partial charge in [0.15, 0.2) is 6.29 Å². The van der Waals surface area contributed by atoms with Crippen LogP contribution in [0.4, 0.5) is 0 Å². The average molecular weight is 227 g/mol. The zero-order valence-electron chi connectivity index (χ0n) is 10.4. The van der Waals surface area contributed by atoms with Gasteiger partial charge in [0, 0.05) is 26.6 Å². The highest BCUT2D eigenvalue weighted by Crippen LogP contribution is 2.13. The Morgan fingerprint density at radius 3 is 2.56 bits per heavy atom. The normalized spacial score (nSPS) is 15.3. The summed E-state index contributed by atoms with van der Waals surface area (Å²) in [5.41, 5.74) is 0. The van der Waals surface area contributed by atoms with Crippen LogP contribution in [0, 0.1) is 0 Å². The van der Waals surface area contributed by atoms with E-state index in [1.807, 2.05) is 13.1 Å². The van der Waals surface area contributed by atoms with Crippen molar-refractivity contribution in [1.29, 1.82) is 0 Å². The van der Waals surface area contributed by atoms with E-state index in [4.69, 9.17) is 9.47 Å². The van der Waals surface area contributed by atoms with Gasteiger partial charge in [-0.2, -0.15) is 0 Å². The zero-order chi connectivity index (χ0) is 12.0. The summed E-state index contributed by atoms with van der Waals surface area (Å²) < 4.78 is 10.4. The first-order chi connectivity index (χ1) is 7.72. The fraction of sp³-hybridized carbons (Fsp3) is 0.727. The van der Waals surface area contributed by atoms with E-state index in [0.29, 0.717) is 0 Å². The molecule has 1 rings (SSSR count). The first-order valence-corrected chi connectivity index (χ1v) is 5.53. The summed E-state index contributed by atoms with van der Waals surface area (Å²) in [6.07, 6.45) is 4.30. The van der Waals surface area contributed by atoms with Crippen molar-refractivity contribution >= 4 is 0 Å². The Morgan fingerprint density at radius 2 is 2.12 bits per heavy atom. The maximum Gasteiger partial charge on any atom is 0.171 e. The number of hydrogen-bond donors (Lipinski definition) is 2. The third kappa shape index (κ3) is 3.30. The third-order valence-electron chi connectivity index (χ3n) is 2.59.